The lowest BCUT2D eigenvalue weighted by atomic mass is 10.1. The van der Waals surface area contributed by atoms with Crippen LogP contribution in [0.5, 0.6) is 0 Å². The SMILES string of the molecule is COC(=O)[C@H]1OC(NCc2ccccc2)[C@H](OC(=O)c2ccccc2)[C@H]1OCc1ccccc1. The number of nitrogens with one attached hydrogen (secondary N) is 1. The molecular weight excluding hydrogens is 434 g/mol. The standard InChI is InChI=1S/C27H27NO6/c1-31-27(30)24-22(32-18-20-13-7-3-8-14-20)23(34-26(29)21-15-9-4-10-16-21)25(33-24)28-17-19-11-5-2-6-12-19/h2-16,22-25,28H,17-18H2,1H3/t22-,23-,24+,25?/m1/s1. The van der Waals surface area contributed by atoms with Gasteiger partial charge in [-0.25, -0.2) is 9.59 Å². The van der Waals surface area contributed by atoms with Crippen LogP contribution in [-0.4, -0.2) is 43.6 Å². The van der Waals surface area contributed by atoms with Gasteiger partial charge < -0.3 is 18.9 Å². The molecule has 1 fully saturated rings. The molecule has 1 saturated heterocycles. The summed E-state index contributed by atoms with van der Waals surface area (Å²) < 4.78 is 22.9. The number of hydrogen-bond donors (Lipinski definition) is 1. The van der Waals surface area contributed by atoms with Crippen molar-refractivity contribution in [2.75, 3.05) is 7.11 Å². The molecule has 7 heteroatoms. The normalized spacial score (nSPS) is 21.7. The summed E-state index contributed by atoms with van der Waals surface area (Å²) in [5, 5.41) is 3.25. The van der Waals surface area contributed by atoms with Crippen molar-refractivity contribution in [1.29, 1.82) is 0 Å². The Hall–Kier alpha value is -3.52. The van der Waals surface area contributed by atoms with Crippen LogP contribution < -0.4 is 5.32 Å². The van der Waals surface area contributed by atoms with Crippen LogP contribution in [0.15, 0.2) is 91.0 Å². The second kappa shape index (κ2) is 11.6. The lowest BCUT2D eigenvalue weighted by Gasteiger charge is -2.24. The van der Waals surface area contributed by atoms with Crippen molar-refractivity contribution in [3.63, 3.8) is 0 Å². The molecule has 1 aliphatic heterocycles. The maximum absolute atomic E-state index is 12.9. The molecule has 4 atom stereocenters. The number of hydrogen-bond acceptors (Lipinski definition) is 7. The van der Waals surface area contributed by atoms with E-state index in [9.17, 15) is 9.59 Å². The van der Waals surface area contributed by atoms with Gasteiger partial charge in [-0.05, 0) is 23.3 Å². The van der Waals surface area contributed by atoms with Crippen molar-refractivity contribution in [3.05, 3.63) is 108 Å². The van der Waals surface area contributed by atoms with Gasteiger partial charge in [0.2, 0.25) is 0 Å². The molecule has 0 aliphatic carbocycles. The predicted octanol–water partition coefficient (Wildman–Crippen LogP) is 3.49. The van der Waals surface area contributed by atoms with Crippen LogP contribution in [0.4, 0.5) is 0 Å². The first kappa shape index (κ1) is 23.6. The Kier molecular flexibility index (Phi) is 8.04. The zero-order valence-electron chi connectivity index (χ0n) is 18.8. The van der Waals surface area contributed by atoms with Gasteiger partial charge in [-0.3, -0.25) is 5.32 Å². The lowest BCUT2D eigenvalue weighted by Crippen LogP contribution is -2.45. The van der Waals surface area contributed by atoms with Crippen LogP contribution in [-0.2, 0) is 36.9 Å². The Morgan fingerprint density at radius 1 is 0.824 bits per heavy atom. The number of ether oxygens (including phenoxy) is 4. The van der Waals surface area contributed by atoms with E-state index in [1.54, 1.807) is 24.3 Å². The van der Waals surface area contributed by atoms with Gasteiger partial charge in [-0.1, -0.05) is 78.9 Å². The van der Waals surface area contributed by atoms with E-state index in [0.29, 0.717) is 12.1 Å². The molecule has 7 nitrogen and oxygen atoms in total. The topological polar surface area (TPSA) is 83.1 Å². The van der Waals surface area contributed by atoms with Gasteiger partial charge in [0.05, 0.1) is 19.3 Å². The van der Waals surface area contributed by atoms with Crippen molar-refractivity contribution in [1.82, 2.24) is 5.32 Å². The van der Waals surface area contributed by atoms with Crippen molar-refractivity contribution in [2.24, 2.45) is 0 Å². The largest absolute Gasteiger partial charge is 0.467 e. The van der Waals surface area contributed by atoms with E-state index in [1.165, 1.54) is 7.11 Å². The molecule has 4 rings (SSSR count). The molecule has 34 heavy (non-hydrogen) atoms. The zero-order chi connectivity index (χ0) is 23.8. The lowest BCUT2D eigenvalue weighted by molar-refractivity contribution is -0.160. The Morgan fingerprint density at radius 2 is 1.41 bits per heavy atom. The molecule has 0 bridgehead atoms. The van der Waals surface area contributed by atoms with E-state index < -0.39 is 36.5 Å². The number of rotatable bonds is 9. The molecule has 176 valence electrons. The highest BCUT2D eigenvalue weighted by molar-refractivity contribution is 5.89. The summed E-state index contributed by atoms with van der Waals surface area (Å²) >= 11 is 0. The van der Waals surface area contributed by atoms with Gasteiger partial charge in [0, 0.05) is 6.54 Å². The maximum Gasteiger partial charge on any atom is 0.338 e. The second-order valence-corrected chi connectivity index (χ2v) is 7.86. The van der Waals surface area contributed by atoms with Crippen LogP contribution in [0.1, 0.15) is 21.5 Å². The second-order valence-electron chi connectivity index (χ2n) is 7.86. The fraction of sp³-hybridized carbons (Fsp3) is 0.259. The van der Waals surface area contributed by atoms with Crippen LogP contribution in [0.3, 0.4) is 0 Å². The number of carbonyl (C=O) groups excluding carboxylic acids is 2. The van der Waals surface area contributed by atoms with Crippen LogP contribution >= 0.6 is 0 Å². The minimum atomic E-state index is -1.06. The number of methoxy groups -OCH3 is 1. The Labute approximate surface area is 198 Å². The van der Waals surface area contributed by atoms with Gasteiger partial charge >= 0.3 is 11.9 Å². The minimum Gasteiger partial charge on any atom is -0.467 e. The Balaban J connectivity index is 1.57. The van der Waals surface area contributed by atoms with E-state index in [4.69, 9.17) is 18.9 Å². The molecule has 0 saturated carbocycles. The Bertz CT molecular complexity index is 1060. The van der Waals surface area contributed by atoms with E-state index in [0.717, 1.165) is 11.1 Å². The summed E-state index contributed by atoms with van der Waals surface area (Å²) in [4.78, 5) is 25.5. The number of esters is 2. The van der Waals surface area contributed by atoms with Gasteiger partial charge in [0.15, 0.2) is 12.2 Å². The van der Waals surface area contributed by atoms with E-state index in [-0.39, 0.29) is 6.61 Å². The summed E-state index contributed by atoms with van der Waals surface area (Å²) in [6.45, 7) is 0.664. The average molecular weight is 462 g/mol. The first-order chi connectivity index (χ1) is 16.7. The molecule has 0 amide bonds. The smallest absolute Gasteiger partial charge is 0.338 e. The fourth-order valence-corrected chi connectivity index (χ4v) is 3.79. The molecule has 1 heterocycles. The Morgan fingerprint density at radius 3 is 2.03 bits per heavy atom. The third-order valence-corrected chi connectivity index (χ3v) is 5.54. The highest BCUT2D eigenvalue weighted by atomic mass is 16.6. The molecule has 0 radical (unpaired) electrons. The van der Waals surface area contributed by atoms with Crippen molar-refractivity contribution in [3.8, 4) is 0 Å². The summed E-state index contributed by atoms with van der Waals surface area (Å²) in [6.07, 6.45) is -3.59. The molecule has 1 N–H and O–H groups in total. The highest BCUT2D eigenvalue weighted by Gasteiger charge is 2.51. The first-order valence-electron chi connectivity index (χ1n) is 11.1. The van der Waals surface area contributed by atoms with Crippen LogP contribution in [0, 0.1) is 0 Å². The summed E-state index contributed by atoms with van der Waals surface area (Å²) in [5.74, 6) is -1.12. The first-order valence-corrected chi connectivity index (χ1v) is 11.1. The minimum absolute atomic E-state index is 0.215. The van der Waals surface area contributed by atoms with Crippen molar-refractivity contribution in [2.45, 2.75) is 37.7 Å². The third kappa shape index (κ3) is 5.88. The molecule has 0 spiro atoms. The fourth-order valence-electron chi connectivity index (χ4n) is 3.79. The van der Waals surface area contributed by atoms with Crippen molar-refractivity contribution < 1.29 is 28.5 Å². The average Bonchev–Trinajstić information content (AvgIpc) is 3.24. The third-order valence-electron chi connectivity index (χ3n) is 5.54. The van der Waals surface area contributed by atoms with Gasteiger partial charge in [-0.2, -0.15) is 0 Å². The molecule has 3 aromatic carbocycles. The molecule has 1 aliphatic rings. The van der Waals surface area contributed by atoms with Crippen molar-refractivity contribution >= 4 is 11.9 Å². The van der Waals surface area contributed by atoms with E-state index in [1.807, 2.05) is 66.7 Å². The van der Waals surface area contributed by atoms with E-state index >= 15 is 0 Å². The quantitative estimate of drug-likeness (QED) is 0.489. The molecule has 1 unspecified atom stereocenters. The summed E-state index contributed by atoms with van der Waals surface area (Å²) in [7, 11) is 1.29. The van der Waals surface area contributed by atoms with Gasteiger partial charge in [-0.15, -0.1) is 0 Å². The highest BCUT2D eigenvalue weighted by Crippen LogP contribution is 2.28. The van der Waals surface area contributed by atoms with Crippen LogP contribution in [0.2, 0.25) is 0 Å². The van der Waals surface area contributed by atoms with E-state index in [2.05, 4.69) is 5.32 Å². The number of benzene rings is 3. The summed E-state index contributed by atoms with van der Waals surface area (Å²) in [5.41, 5.74) is 2.33. The molecule has 3 aromatic rings. The molecular formula is C27H27NO6. The zero-order valence-corrected chi connectivity index (χ0v) is 18.8. The predicted molar refractivity (Wildman–Crippen MR) is 125 cm³/mol. The van der Waals surface area contributed by atoms with Gasteiger partial charge in [0.25, 0.3) is 0 Å². The monoisotopic (exact) mass is 461 g/mol. The van der Waals surface area contributed by atoms with Gasteiger partial charge in [0.1, 0.15) is 12.3 Å². The maximum atomic E-state index is 12.9. The van der Waals surface area contributed by atoms with Crippen LogP contribution in [0.25, 0.3) is 0 Å². The summed E-state index contributed by atoms with van der Waals surface area (Å²) in [6, 6.07) is 27.9. The molecule has 0 aromatic heterocycles. The number of carbonyl (C=O) groups is 2.